The number of carbonyl (C=O) groups excluding carboxylic acids is 1. The number of rotatable bonds is 7. The summed E-state index contributed by atoms with van der Waals surface area (Å²) in [5.41, 5.74) is 1.01. The average Bonchev–Trinajstić information content (AvgIpc) is 2.96. The normalized spacial score (nSPS) is 11.0. The van der Waals surface area contributed by atoms with E-state index in [2.05, 4.69) is 33.7 Å². The Kier molecular flexibility index (Phi) is 5.89. The maximum atomic E-state index is 12.0. The Labute approximate surface area is 141 Å². The molecule has 0 aliphatic heterocycles. The number of hydrogen-bond donors (Lipinski definition) is 1. The van der Waals surface area contributed by atoms with E-state index < -0.39 is 0 Å². The third-order valence-corrected chi connectivity index (χ3v) is 3.81. The van der Waals surface area contributed by atoms with Crippen molar-refractivity contribution in [3.63, 3.8) is 0 Å². The molecule has 0 spiro atoms. The third-order valence-electron chi connectivity index (χ3n) is 3.81. The van der Waals surface area contributed by atoms with Crippen LogP contribution in [-0.2, 0) is 17.9 Å². The van der Waals surface area contributed by atoms with Gasteiger partial charge in [0.2, 0.25) is 5.91 Å². The lowest BCUT2D eigenvalue weighted by Crippen LogP contribution is -2.35. The van der Waals surface area contributed by atoms with Gasteiger partial charge in [0.1, 0.15) is 12.4 Å². The predicted molar refractivity (Wildman–Crippen MR) is 91.9 cm³/mol. The Bertz CT molecular complexity index is 761. The highest BCUT2D eigenvalue weighted by atomic mass is 16.2. The Hall–Kier alpha value is -2.44. The molecule has 130 valence electrons. The number of aromatic nitrogens is 4. The van der Waals surface area contributed by atoms with Crippen molar-refractivity contribution in [1.82, 2.24) is 24.4 Å². The number of imidazole rings is 1. The van der Waals surface area contributed by atoms with Crippen LogP contribution in [0.5, 0.6) is 0 Å². The summed E-state index contributed by atoms with van der Waals surface area (Å²) in [6, 6.07) is 1.79. The first-order valence-electron chi connectivity index (χ1n) is 8.21. The highest BCUT2D eigenvalue weighted by Gasteiger charge is 2.09. The smallest absolute Gasteiger partial charge is 0.348 e. The average molecular weight is 331 g/mol. The van der Waals surface area contributed by atoms with Crippen LogP contribution >= 0.6 is 0 Å². The quantitative estimate of drug-likeness (QED) is 0.777. The lowest BCUT2D eigenvalue weighted by molar-refractivity contribution is -0.121. The number of hydrogen-bond acceptors (Lipinski definition) is 4. The van der Waals surface area contributed by atoms with Crippen molar-refractivity contribution in [3.8, 4) is 0 Å². The van der Waals surface area contributed by atoms with Gasteiger partial charge in [-0.2, -0.15) is 4.98 Å². The van der Waals surface area contributed by atoms with E-state index in [9.17, 15) is 9.59 Å². The van der Waals surface area contributed by atoms with Crippen LogP contribution in [0, 0.1) is 13.8 Å². The minimum atomic E-state index is -0.386. The van der Waals surface area contributed by atoms with Gasteiger partial charge in [0, 0.05) is 42.8 Å². The highest BCUT2D eigenvalue weighted by Crippen LogP contribution is 2.11. The summed E-state index contributed by atoms with van der Waals surface area (Å²) in [7, 11) is 0. The van der Waals surface area contributed by atoms with Gasteiger partial charge in [-0.15, -0.1) is 0 Å². The fourth-order valence-electron chi connectivity index (χ4n) is 2.65. The standard InChI is InChI=1S/C17H25N5O2/c1-12(2)16-19-7-9-21(16)8-5-6-18-15(23)11-22-14(4)10-13(3)20-17(22)24/h7,9-10,12H,5-6,8,11H2,1-4H3,(H,18,23). The fraction of sp³-hybridized carbons (Fsp3) is 0.529. The van der Waals surface area contributed by atoms with E-state index in [1.165, 1.54) is 4.57 Å². The highest BCUT2D eigenvalue weighted by molar-refractivity contribution is 5.75. The second-order valence-corrected chi connectivity index (χ2v) is 6.24. The summed E-state index contributed by atoms with van der Waals surface area (Å²) in [5, 5.41) is 2.85. The molecular formula is C17H25N5O2. The minimum absolute atomic E-state index is 0.000264. The van der Waals surface area contributed by atoms with Crippen LogP contribution in [0.25, 0.3) is 0 Å². The molecule has 0 aliphatic rings. The van der Waals surface area contributed by atoms with E-state index in [0.717, 1.165) is 24.5 Å². The molecule has 0 radical (unpaired) electrons. The summed E-state index contributed by atoms with van der Waals surface area (Å²) >= 11 is 0. The van der Waals surface area contributed by atoms with Crippen molar-refractivity contribution in [1.29, 1.82) is 0 Å². The van der Waals surface area contributed by atoms with Crippen molar-refractivity contribution in [2.75, 3.05) is 6.54 Å². The molecule has 1 N–H and O–H groups in total. The van der Waals surface area contributed by atoms with Crippen LogP contribution < -0.4 is 11.0 Å². The Balaban J connectivity index is 1.82. The molecule has 0 bridgehead atoms. The van der Waals surface area contributed by atoms with E-state index in [1.54, 1.807) is 26.1 Å². The molecule has 0 atom stereocenters. The summed E-state index contributed by atoms with van der Waals surface area (Å²) in [6.45, 7) is 9.14. The maximum absolute atomic E-state index is 12.0. The lowest BCUT2D eigenvalue weighted by Gasteiger charge is -2.12. The van der Waals surface area contributed by atoms with E-state index >= 15 is 0 Å². The molecule has 0 aromatic carbocycles. The molecule has 7 nitrogen and oxygen atoms in total. The van der Waals surface area contributed by atoms with Crippen LogP contribution in [0.3, 0.4) is 0 Å². The van der Waals surface area contributed by atoms with Gasteiger partial charge in [0.05, 0.1) is 0 Å². The number of amides is 1. The van der Waals surface area contributed by atoms with Crippen molar-refractivity contribution >= 4 is 5.91 Å². The first-order valence-corrected chi connectivity index (χ1v) is 8.21. The van der Waals surface area contributed by atoms with Crippen LogP contribution in [0.2, 0.25) is 0 Å². The molecule has 2 aromatic heterocycles. The van der Waals surface area contributed by atoms with Gasteiger partial charge < -0.3 is 9.88 Å². The van der Waals surface area contributed by atoms with Crippen molar-refractivity contribution in [2.24, 2.45) is 0 Å². The number of nitrogens with one attached hydrogen (secondary N) is 1. The van der Waals surface area contributed by atoms with Gasteiger partial charge in [-0.25, -0.2) is 9.78 Å². The van der Waals surface area contributed by atoms with E-state index in [4.69, 9.17) is 0 Å². The third kappa shape index (κ3) is 4.53. The maximum Gasteiger partial charge on any atom is 0.348 e. The van der Waals surface area contributed by atoms with Crippen molar-refractivity contribution in [2.45, 2.75) is 53.1 Å². The lowest BCUT2D eigenvalue weighted by atomic mass is 10.2. The Morgan fingerprint density at radius 3 is 2.75 bits per heavy atom. The van der Waals surface area contributed by atoms with Gasteiger partial charge >= 0.3 is 5.69 Å². The molecule has 0 saturated carbocycles. The van der Waals surface area contributed by atoms with Gasteiger partial charge in [-0.1, -0.05) is 13.8 Å². The van der Waals surface area contributed by atoms with Crippen LogP contribution in [0.15, 0.2) is 23.3 Å². The minimum Gasteiger partial charge on any atom is -0.354 e. The van der Waals surface area contributed by atoms with E-state index in [0.29, 0.717) is 18.2 Å². The second-order valence-electron chi connectivity index (χ2n) is 6.24. The topological polar surface area (TPSA) is 81.8 Å². The summed E-state index contributed by atoms with van der Waals surface area (Å²) in [6.07, 6.45) is 4.56. The number of aryl methyl sites for hydroxylation is 3. The zero-order valence-electron chi connectivity index (χ0n) is 14.7. The molecule has 1 amide bonds. The molecule has 24 heavy (non-hydrogen) atoms. The molecule has 2 aromatic rings. The van der Waals surface area contributed by atoms with Crippen LogP contribution in [0.4, 0.5) is 0 Å². The predicted octanol–water partition coefficient (Wildman–Crippen LogP) is 1.39. The van der Waals surface area contributed by atoms with Gasteiger partial charge in [0.25, 0.3) is 0 Å². The number of carbonyl (C=O) groups is 1. The summed E-state index contributed by atoms with van der Waals surface area (Å²) < 4.78 is 3.49. The second kappa shape index (κ2) is 7.90. The Morgan fingerprint density at radius 1 is 1.33 bits per heavy atom. The Morgan fingerprint density at radius 2 is 2.08 bits per heavy atom. The molecule has 0 unspecified atom stereocenters. The fourth-order valence-corrected chi connectivity index (χ4v) is 2.65. The van der Waals surface area contributed by atoms with Crippen molar-refractivity contribution in [3.05, 3.63) is 46.2 Å². The van der Waals surface area contributed by atoms with Crippen LogP contribution in [0.1, 0.15) is 43.4 Å². The largest absolute Gasteiger partial charge is 0.354 e. The molecular weight excluding hydrogens is 306 g/mol. The van der Waals surface area contributed by atoms with Crippen molar-refractivity contribution < 1.29 is 4.79 Å². The van der Waals surface area contributed by atoms with E-state index in [-0.39, 0.29) is 18.1 Å². The monoisotopic (exact) mass is 331 g/mol. The molecule has 7 heteroatoms. The molecule has 0 fully saturated rings. The van der Waals surface area contributed by atoms with Gasteiger partial charge in [0.15, 0.2) is 0 Å². The molecule has 0 saturated heterocycles. The summed E-state index contributed by atoms with van der Waals surface area (Å²) in [5.74, 6) is 1.24. The first kappa shape index (κ1) is 17.9. The zero-order chi connectivity index (χ0) is 17.7. The molecule has 2 rings (SSSR count). The van der Waals surface area contributed by atoms with Crippen LogP contribution in [-0.4, -0.2) is 31.6 Å². The van der Waals surface area contributed by atoms with Gasteiger partial charge in [-0.05, 0) is 26.3 Å². The molecule has 0 aliphatic carbocycles. The first-order chi connectivity index (χ1) is 11.4. The number of nitrogens with zero attached hydrogens (tertiary/aromatic N) is 4. The zero-order valence-corrected chi connectivity index (χ0v) is 14.7. The van der Waals surface area contributed by atoms with Gasteiger partial charge in [-0.3, -0.25) is 9.36 Å². The summed E-state index contributed by atoms with van der Waals surface area (Å²) in [4.78, 5) is 32.1. The molecule has 2 heterocycles. The van der Waals surface area contributed by atoms with E-state index in [1.807, 2.05) is 6.20 Å². The SMILES string of the molecule is Cc1cc(C)n(CC(=O)NCCCn2ccnc2C(C)C)c(=O)n1.